The Morgan fingerprint density at radius 1 is 1.41 bits per heavy atom. The number of nitrogens with one attached hydrogen (secondary N) is 1. The van der Waals surface area contributed by atoms with Gasteiger partial charge in [0.15, 0.2) is 0 Å². The average Bonchev–Trinajstić information content (AvgIpc) is 2.22. The number of sulfone groups is 1. The molecular weight excluding hydrogens is 250 g/mol. The highest BCUT2D eigenvalue weighted by Gasteiger charge is 2.17. The van der Waals surface area contributed by atoms with Crippen molar-refractivity contribution in [2.75, 3.05) is 12.0 Å². The smallest absolute Gasteiger partial charge is 0.147 e. The normalized spacial score (nSPS) is 13.6. The van der Waals surface area contributed by atoms with Gasteiger partial charge < -0.3 is 0 Å². The molecule has 1 aromatic carbocycles. The molecule has 4 nitrogen and oxygen atoms in total. The second-order valence-electron chi connectivity index (χ2n) is 3.80. The lowest BCUT2D eigenvalue weighted by molar-refractivity contribution is 0.492. The van der Waals surface area contributed by atoms with Crippen molar-refractivity contribution in [1.82, 2.24) is 5.43 Å². The standard InChI is InChI=1S/C10H14F2N2O2S/c1-17(15,16)5-4-10(14-13)8-6-7(11)2-3-9(8)12/h2-3,6,10,14H,4-5,13H2,1H3. The summed E-state index contributed by atoms with van der Waals surface area (Å²) >= 11 is 0. The average molecular weight is 264 g/mol. The molecule has 0 saturated carbocycles. The highest BCUT2D eigenvalue weighted by atomic mass is 32.2. The summed E-state index contributed by atoms with van der Waals surface area (Å²) in [5.74, 6) is 3.85. The molecule has 1 atom stereocenters. The summed E-state index contributed by atoms with van der Waals surface area (Å²) in [6.07, 6.45) is 1.15. The lowest BCUT2D eigenvalue weighted by atomic mass is 10.0. The molecule has 96 valence electrons. The molecular formula is C10H14F2N2O2S. The van der Waals surface area contributed by atoms with Crippen LogP contribution >= 0.6 is 0 Å². The highest BCUT2D eigenvalue weighted by molar-refractivity contribution is 7.90. The molecule has 0 aliphatic carbocycles. The van der Waals surface area contributed by atoms with Gasteiger partial charge in [-0.1, -0.05) is 0 Å². The summed E-state index contributed by atoms with van der Waals surface area (Å²) in [4.78, 5) is 0. The van der Waals surface area contributed by atoms with Gasteiger partial charge in [-0.3, -0.25) is 11.3 Å². The molecule has 0 aliphatic rings. The number of hydrogen-bond donors (Lipinski definition) is 2. The Balaban J connectivity index is 2.90. The zero-order chi connectivity index (χ0) is 13.1. The molecule has 0 fully saturated rings. The van der Waals surface area contributed by atoms with Gasteiger partial charge in [-0.25, -0.2) is 17.2 Å². The third-order valence-electron chi connectivity index (χ3n) is 2.31. The third-order valence-corrected chi connectivity index (χ3v) is 3.29. The molecule has 0 bridgehead atoms. The first-order valence-corrected chi connectivity index (χ1v) is 6.98. The number of rotatable bonds is 5. The van der Waals surface area contributed by atoms with Crippen LogP contribution in [0, 0.1) is 11.6 Å². The first-order chi connectivity index (χ1) is 7.83. The fourth-order valence-electron chi connectivity index (χ4n) is 1.44. The van der Waals surface area contributed by atoms with E-state index in [0.717, 1.165) is 24.5 Å². The SMILES string of the molecule is CS(=O)(=O)CCC(NN)c1cc(F)ccc1F. The van der Waals surface area contributed by atoms with Crippen molar-refractivity contribution < 1.29 is 17.2 Å². The summed E-state index contributed by atoms with van der Waals surface area (Å²) in [7, 11) is -3.17. The summed E-state index contributed by atoms with van der Waals surface area (Å²) in [6.45, 7) is 0. The maximum absolute atomic E-state index is 13.4. The largest absolute Gasteiger partial charge is 0.271 e. The van der Waals surface area contributed by atoms with Gasteiger partial charge in [0.25, 0.3) is 0 Å². The first kappa shape index (κ1) is 14.0. The van der Waals surface area contributed by atoms with Crippen molar-refractivity contribution in [3.63, 3.8) is 0 Å². The van der Waals surface area contributed by atoms with Crippen LogP contribution in [-0.2, 0) is 9.84 Å². The van der Waals surface area contributed by atoms with Gasteiger partial charge in [-0.15, -0.1) is 0 Å². The number of hydrazine groups is 1. The molecule has 0 heterocycles. The van der Waals surface area contributed by atoms with E-state index in [0.29, 0.717) is 0 Å². The highest BCUT2D eigenvalue weighted by Crippen LogP contribution is 2.21. The van der Waals surface area contributed by atoms with E-state index in [2.05, 4.69) is 5.43 Å². The van der Waals surface area contributed by atoms with Crippen LogP contribution in [0.1, 0.15) is 18.0 Å². The quantitative estimate of drug-likeness (QED) is 0.612. The van der Waals surface area contributed by atoms with Gasteiger partial charge in [0.05, 0.1) is 5.75 Å². The zero-order valence-electron chi connectivity index (χ0n) is 9.28. The first-order valence-electron chi connectivity index (χ1n) is 4.92. The number of halogens is 2. The molecule has 0 spiro atoms. The lowest BCUT2D eigenvalue weighted by Crippen LogP contribution is -2.30. The predicted octanol–water partition coefficient (Wildman–Crippen LogP) is 0.904. The van der Waals surface area contributed by atoms with E-state index in [1.165, 1.54) is 0 Å². The van der Waals surface area contributed by atoms with Crippen LogP contribution in [0.2, 0.25) is 0 Å². The minimum absolute atomic E-state index is 0.0242. The summed E-state index contributed by atoms with van der Waals surface area (Å²) in [5, 5.41) is 0. The number of nitrogens with two attached hydrogens (primary N) is 1. The molecule has 17 heavy (non-hydrogen) atoms. The zero-order valence-corrected chi connectivity index (χ0v) is 10.1. The van der Waals surface area contributed by atoms with E-state index in [4.69, 9.17) is 5.84 Å². The summed E-state index contributed by atoms with van der Waals surface area (Å²) < 4.78 is 48.4. The van der Waals surface area contributed by atoms with E-state index in [1.807, 2.05) is 0 Å². The van der Waals surface area contributed by atoms with Crippen molar-refractivity contribution in [3.8, 4) is 0 Å². The maximum Gasteiger partial charge on any atom is 0.147 e. The maximum atomic E-state index is 13.4. The van der Waals surface area contributed by atoms with E-state index in [1.54, 1.807) is 0 Å². The molecule has 0 radical (unpaired) electrons. The Morgan fingerprint density at radius 3 is 2.59 bits per heavy atom. The molecule has 7 heteroatoms. The van der Waals surface area contributed by atoms with Crippen molar-refractivity contribution in [1.29, 1.82) is 0 Å². The van der Waals surface area contributed by atoms with Crippen molar-refractivity contribution in [3.05, 3.63) is 35.4 Å². The predicted molar refractivity (Wildman–Crippen MR) is 60.7 cm³/mol. The minimum Gasteiger partial charge on any atom is -0.271 e. The van der Waals surface area contributed by atoms with Crippen molar-refractivity contribution in [2.45, 2.75) is 12.5 Å². The Labute approximate surface area is 98.7 Å². The van der Waals surface area contributed by atoms with E-state index in [9.17, 15) is 17.2 Å². The Morgan fingerprint density at radius 2 is 2.06 bits per heavy atom. The molecule has 0 amide bonds. The fraction of sp³-hybridized carbons (Fsp3) is 0.400. The van der Waals surface area contributed by atoms with Crippen LogP contribution in [0.4, 0.5) is 8.78 Å². The summed E-state index contributed by atoms with van der Waals surface area (Å²) in [6, 6.07) is 2.24. The topological polar surface area (TPSA) is 72.2 Å². The van der Waals surface area contributed by atoms with Gasteiger partial charge in [-0.2, -0.15) is 0 Å². The van der Waals surface area contributed by atoms with Crippen LogP contribution in [0.15, 0.2) is 18.2 Å². The number of benzene rings is 1. The van der Waals surface area contributed by atoms with Gasteiger partial charge in [0, 0.05) is 17.9 Å². The van der Waals surface area contributed by atoms with Gasteiger partial charge in [0.2, 0.25) is 0 Å². The van der Waals surface area contributed by atoms with Gasteiger partial charge in [0.1, 0.15) is 21.5 Å². The second kappa shape index (κ2) is 5.52. The van der Waals surface area contributed by atoms with E-state index >= 15 is 0 Å². The molecule has 0 aromatic heterocycles. The molecule has 3 N–H and O–H groups in total. The van der Waals surface area contributed by atoms with Crippen LogP contribution < -0.4 is 11.3 Å². The molecule has 0 aliphatic heterocycles. The summed E-state index contributed by atoms with van der Waals surface area (Å²) in [5.41, 5.74) is 2.31. The lowest BCUT2D eigenvalue weighted by Gasteiger charge is -2.16. The Bertz CT molecular complexity index is 491. The fourth-order valence-corrected chi connectivity index (χ4v) is 2.11. The van der Waals surface area contributed by atoms with E-state index in [-0.39, 0.29) is 17.7 Å². The molecule has 1 aromatic rings. The molecule has 0 saturated heterocycles. The van der Waals surface area contributed by atoms with Crippen molar-refractivity contribution in [2.24, 2.45) is 5.84 Å². The van der Waals surface area contributed by atoms with Crippen LogP contribution in [0.25, 0.3) is 0 Å². The Hall–Kier alpha value is -1.05. The second-order valence-corrected chi connectivity index (χ2v) is 6.06. The molecule has 1 rings (SSSR count). The van der Waals surface area contributed by atoms with Crippen molar-refractivity contribution >= 4 is 9.84 Å². The van der Waals surface area contributed by atoms with Crippen LogP contribution in [-0.4, -0.2) is 20.4 Å². The third kappa shape index (κ3) is 4.37. The van der Waals surface area contributed by atoms with Crippen LogP contribution in [0.5, 0.6) is 0 Å². The Kier molecular flexibility index (Phi) is 4.55. The van der Waals surface area contributed by atoms with Gasteiger partial charge in [-0.05, 0) is 24.6 Å². The monoisotopic (exact) mass is 264 g/mol. The van der Waals surface area contributed by atoms with E-state index < -0.39 is 27.5 Å². The van der Waals surface area contributed by atoms with Gasteiger partial charge >= 0.3 is 0 Å². The van der Waals surface area contributed by atoms with Crippen LogP contribution in [0.3, 0.4) is 0 Å². The minimum atomic E-state index is -3.17. The number of hydrogen-bond acceptors (Lipinski definition) is 4. The molecule has 1 unspecified atom stereocenters.